The number of anilines is 1. The Morgan fingerprint density at radius 1 is 1.04 bits per heavy atom. The van der Waals surface area contributed by atoms with Crippen molar-refractivity contribution >= 4 is 17.7 Å². The van der Waals surface area contributed by atoms with E-state index in [4.69, 9.17) is 9.47 Å². The standard InChI is InChI=1S/C23H22N2O3/c1-2-27-22-12-4-3-8-18(22)13-14-23(26)25-19-10-7-11-21(16-19)28-17-20-9-5-6-15-24-20/h3-16H,2,17H2,1H3,(H,25,26)/b14-13+. The molecule has 0 radical (unpaired) electrons. The van der Waals surface area contributed by atoms with Crippen LogP contribution in [0.25, 0.3) is 6.08 Å². The summed E-state index contributed by atoms with van der Waals surface area (Å²) in [6.45, 7) is 2.87. The number of rotatable bonds is 8. The topological polar surface area (TPSA) is 60.5 Å². The first-order chi connectivity index (χ1) is 13.7. The number of nitrogens with one attached hydrogen (secondary N) is 1. The van der Waals surface area contributed by atoms with Crippen molar-refractivity contribution in [3.8, 4) is 11.5 Å². The van der Waals surface area contributed by atoms with Gasteiger partial charge in [-0.3, -0.25) is 9.78 Å². The summed E-state index contributed by atoms with van der Waals surface area (Å²) in [5, 5.41) is 2.84. The summed E-state index contributed by atoms with van der Waals surface area (Å²) in [5.41, 5.74) is 2.35. The van der Waals surface area contributed by atoms with Crippen LogP contribution in [0.1, 0.15) is 18.2 Å². The van der Waals surface area contributed by atoms with Crippen molar-refractivity contribution in [3.63, 3.8) is 0 Å². The SMILES string of the molecule is CCOc1ccccc1/C=C/C(=O)Nc1cccc(OCc2ccccn2)c1. The van der Waals surface area contributed by atoms with E-state index in [0.29, 0.717) is 24.7 Å². The number of hydrogen-bond donors (Lipinski definition) is 1. The molecular formula is C23H22N2O3. The summed E-state index contributed by atoms with van der Waals surface area (Å²) >= 11 is 0. The number of benzene rings is 2. The molecule has 3 aromatic rings. The molecule has 2 aromatic carbocycles. The maximum atomic E-state index is 12.3. The highest BCUT2D eigenvalue weighted by Crippen LogP contribution is 2.20. The van der Waals surface area contributed by atoms with Gasteiger partial charge in [-0.15, -0.1) is 0 Å². The van der Waals surface area contributed by atoms with Gasteiger partial charge in [0.1, 0.15) is 18.1 Å². The first-order valence-electron chi connectivity index (χ1n) is 9.08. The van der Waals surface area contributed by atoms with Crippen molar-refractivity contribution in [1.29, 1.82) is 0 Å². The summed E-state index contributed by atoms with van der Waals surface area (Å²) in [4.78, 5) is 16.5. The van der Waals surface area contributed by atoms with Gasteiger partial charge in [0, 0.05) is 29.6 Å². The molecule has 5 nitrogen and oxygen atoms in total. The highest BCUT2D eigenvalue weighted by Gasteiger charge is 2.03. The molecule has 142 valence electrons. The maximum absolute atomic E-state index is 12.3. The highest BCUT2D eigenvalue weighted by molar-refractivity contribution is 6.02. The number of aromatic nitrogens is 1. The largest absolute Gasteiger partial charge is 0.493 e. The van der Waals surface area contributed by atoms with Crippen LogP contribution in [0.3, 0.4) is 0 Å². The fourth-order valence-electron chi connectivity index (χ4n) is 2.56. The second kappa shape index (κ2) is 9.92. The Balaban J connectivity index is 1.60. The molecule has 0 aliphatic rings. The Morgan fingerprint density at radius 2 is 1.89 bits per heavy atom. The van der Waals surface area contributed by atoms with Crippen molar-refractivity contribution in [2.75, 3.05) is 11.9 Å². The lowest BCUT2D eigenvalue weighted by molar-refractivity contribution is -0.111. The molecule has 1 N–H and O–H groups in total. The Kier molecular flexibility index (Phi) is 6.79. The number of hydrogen-bond acceptors (Lipinski definition) is 4. The van der Waals surface area contributed by atoms with Crippen molar-refractivity contribution < 1.29 is 14.3 Å². The summed E-state index contributed by atoms with van der Waals surface area (Å²) in [7, 11) is 0. The van der Waals surface area contributed by atoms with Gasteiger partial charge < -0.3 is 14.8 Å². The van der Waals surface area contributed by atoms with Gasteiger partial charge >= 0.3 is 0 Å². The number of ether oxygens (including phenoxy) is 2. The molecule has 0 atom stereocenters. The van der Waals surface area contributed by atoms with E-state index in [9.17, 15) is 4.79 Å². The minimum Gasteiger partial charge on any atom is -0.493 e. The van der Waals surface area contributed by atoms with Crippen LogP contribution in [0.4, 0.5) is 5.69 Å². The smallest absolute Gasteiger partial charge is 0.248 e. The molecule has 3 rings (SSSR count). The van der Waals surface area contributed by atoms with Gasteiger partial charge in [-0.2, -0.15) is 0 Å². The number of nitrogens with zero attached hydrogens (tertiary/aromatic N) is 1. The van der Waals surface area contributed by atoms with Crippen LogP contribution < -0.4 is 14.8 Å². The Hall–Kier alpha value is -3.60. The lowest BCUT2D eigenvalue weighted by atomic mass is 10.2. The molecule has 0 saturated carbocycles. The van der Waals surface area contributed by atoms with Gasteiger partial charge in [-0.1, -0.05) is 30.3 Å². The van der Waals surface area contributed by atoms with Gasteiger partial charge in [0.2, 0.25) is 5.91 Å². The normalized spacial score (nSPS) is 10.6. The molecule has 0 unspecified atom stereocenters. The molecule has 0 aliphatic heterocycles. The summed E-state index contributed by atoms with van der Waals surface area (Å²) in [5.74, 6) is 1.18. The van der Waals surface area contributed by atoms with Crippen LogP contribution in [-0.2, 0) is 11.4 Å². The molecule has 1 amide bonds. The van der Waals surface area contributed by atoms with E-state index in [1.54, 1.807) is 18.3 Å². The number of para-hydroxylation sites is 1. The van der Waals surface area contributed by atoms with Gasteiger partial charge in [0.05, 0.1) is 12.3 Å². The molecule has 5 heteroatoms. The summed E-state index contributed by atoms with van der Waals surface area (Å²) in [6, 6.07) is 20.5. The predicted molar refractivity (Wildman–Crippen MR) is 110 cm³/mol. The molecule has 1 aromatic heterocycles. The predicted octanol–water partition coefficient (Wildman–Crippen LogP) is 4.71. The highest BCUT2D eigenvalue weighted by atomic mass is 16.5. The number of carbonyl (C=O) groups is 1. The second-order valence-corrected chi connectivity index (χ2v) is 5.93. The van der Waals surface area contributed by atoms with Crippen LogP contribution in [-0.4, -0.2) is 17.5 Å². The van der Waals surface area contributed by atoms with Crippen molar-refractivity contribution in [2.24, 2.45) is 0 Å². The average Bonchev–Trinajstić information content (AvgIpc) is 2.73. The van der Waals surface area contributed by atoms with Crippen molar-refractivity contribution in [1.82, 2.24) is 4.98 Å². The van der Waals surface area contributed by atoms with E-state index in [1.807, 2.05) is 67.6 Å². The lowest BCUT2D eigenvalue weighted by Gasteiger charge is -2.08. The number of carbonyl (C=O) groups excluding carboxylic acids is 1. The molecule has 0 aliphatic carbocycles. The molecule has 0 spiro atoms. The number of pyridine rings is 1. The third kappa shape index (κ3) is 5.71. The minimum atomic E-state index is -0.229. The second-order valence-electron chi connectivity index (χ2n) is 5.93. The van der Waals surface area contributed by atoms with E-state index < -0.39 is 0 Å². The van der Waals surface area contributed by atoms with E-state index in [0.717, 1.165) is 17.0 Å². The van der Waals surface area contributed by atoms with Gasteiger partial charge in [0.15, 0.2) is 0 Å². The van der Waals surface area contributed by atoms with E-state index in [2.05, 4.69) is 10.3 Å². The molecule has 0 bridgehead atoms. The van der Waals surface area contributed by atoms with E-state index in [-0.39, 0.29) is 5.91 Å². The van der Waals surface area contributed by atoms with E-state index in [1.165, 1.54) is 6.08 Å². The maximum Gasteiger partial charge on any atom is 0.248 e. The van der Waals surface area contributed by atoms with Crippen molar-refractivity contribution in [3.05, 3.63) is 90.3 Å². The molecule has 0 fully saturated rings. The third-order valence-electron chi connectivity index (χ3n) is 3.85. The Morgan fingerprint density at radius 3 is 2.71 bits per heavy atom. The molecule has 1 heterocycles. The monoisotopic (exact) mass is 374 g/mol. The van der Waals surface area contributed by atoms with Crippen molar-refractivity contribution in [2.45, 2.75) is 13.5 Å². The van der Waals surface area contributed by atoms with Crippen LogP contribution in [0.15, 0.2) is 79.0 Å². The molecule has 28 heavy (non-hydrogen) atoms. The zero-order valence-corrected chi connectivity index (χ0v) is 15.7. The average molecular weight is 374 g/mol. The fourth-order valence-corrected chi connectivity index (χ4v) is 2.56. The van der Waals surface area contributed by atoms with Crippen LogP contribution in [0.5, 0.6) is 11.5 Å². The Bertz CT molecular complexity index is 939. The zero-order valence-electron chi connectivity index (χ0n) is 15.7. The minimum absolute atomic E-state index is 0.229. The van der Waals surface area contributed by atoms with Crippen LogP contribution in [0, 0.1) is 0 Å². The van der Waals surface area contributed by atoms with Gasteiger partial charge in [-0.05, 0) is 43.3 Å². The third-order valence-corrected chi connectivity index (χ3v) is 3.85. The summed E-state index contributed by atoms with van der Waals surface area (Å²) in [6.07, 6.45) is 4.95. The first-order valence-corrected chi connectivity index (χ1v) is 9.08. The van der Waals surface area contributed by atoms with E-state index >= 15 is 0 Å². The fraction of sp³-hybridized carbons (Fsp3) is 0.130. The molecule has 0 saturated heterocycles. The van der Waals surface area contributed by atoms with Gasteiger partial charge in [-0.25, -0.2) is 0 Å². The Labute approximate surface area is 164 Å². The molecular weight excluding hydrogens is 352 g/mol. The quantitative estimate of drug-likeness (QED) is 0.580. The van der Waals surface area contributed by atoms with Gasteiger partial charge in [0.25, 0.3) is 0 Å². The lowest BCUT2D eigenvalue weighted by Crippen LogP contribution is -2.08. The summed E-state index contributed by atoms with van der Waals surface area (Å²) < 4.78 is 11.3. The number of amides is 1. The van der Waals surface area contributed by atoms with Crippen LogP contribution >= 0.6 is 0 Å². The van der Waals surface area contributed by atoms with Crippen LogP contribution in [0.2, 0.25) is 0 Å². The zero-order chi connectivity index (χ0) is 19.6. The first kappa shape index (κ1) is 19.2.